The van der Waals surface area contributed by atoms with Crippen LogP contribution in [0.1, 0.15) is 10.4 Å². The van der Waals surface area contributed by atoms with Gasteiger partial charge < -0.3 is 10.1 Å². The van der Waals surface area contributed by atoms with E-state index in [0.717, 1.165) is 12.1 Å². The third-order valence-corrected chi connectivity index (χ3v) is 3.58. The van der Waals surface area contributed by atoms with Gasteiger partial charge in [-0.3, -0.25) is 0 Å². The zero-order valence-corrected chi connectivity index (χ0v) is 11.9. The molecule has 0 radical (unpaired) electrons. The minimum Gasteiger partial charge on any atom is -0.478 e. The highest BCUT2D eigenvalue weighted by atomic mass is 79.9. The van der Waals surface area contributed by atoms with Crippen molar-refractivity contribution in [2.75, 3.05) is 0 Å². The van der Waals surface area contributed by atoms with E-state index in [0.29, 0.717) is 11.4 Å². The van der Waals surface area contributed by atoms with Crippen LogP contribution >= 0.6 is 15.9 Å². The number of carbonyl (C=O) groups is 1. The Hall–Kier alpha value is -2.28. The third-order valence-electron chi connectivity index (χ3n) is 2.97. The number of aromatic amines is 1. The van der Waals surface area contributed by atoms with Crippen LogP contribution in [0.5, 0.6) is 0 Å². The highest BCUT2D eigenvalue weighted by molar-refractivity contribution is 9.10. The van der Waals surface area contributed by atoms with Crippen molar-refractivity contribution in [1.29, 1.82) is 0 Å². The minimum atomic E-state index is -1.27. The first-order chi connectivity index (χ1) is 9.95. The Balaban J connectivity index is 2.23. The molecular weight excluding hydrogens is 346 g/mol. The fourth-order valence-electron chi connectivity index (χ4n) is 2.03. The van der Waals surface area contributed by atoms with Crippen LogP contribution in [0.4, 0.5) is 8.78 Å². The van der Waals surface area contributed by atoms with Gasteiger partial charge in [-0.1, -0.05) is 0 Å². The number of carboxylic acids is 1. The Kier molecular flexibility index (Phi) is 3.21. The molecule has 1 aromatic heterocycles. The molecule has 0 spiro atoms. The average molecular weight is 353 g/mol. The fraction of sp³-hybridized carbons (Fsp3) is 0. The molecule has 2 N–H and O–H groups in total. The summed E-state index contributed by atoms with van der Waals surface area (Å²) in [5, 5.41) is 9.09. The molecule has 4 nitrogen and oxygen atoms in total. The van der Waals surface area contributed by atoms with E-state index in [1.165, 1.54) is 18.2 Å². The highest BCUT2D eigenvalue weighted by Crippen LogP contribution is 2.27. The summed E-state index contributed by atoms with van der Waals surface area (Å²) in [5.74, 6) is -2.03. The molecule has 0 aliphatic heterocycles. The molecule has 2 aromatic carbocycles. The molecular formula is C14H7BrF2N2O2. The molecule has 0 saturated carbocycles. The maximum absolute atomic E-state index is 13.4. The molecule has 7 heteroatoms. The number of fused-ring (bicyclic) bond motifs is 1. The summed E-state index contributed by atoms with van der Waals surface area (Å²) in [4.78, 5) is 18.1. The third kappa shape index (κ3) is 2.40. The van der Waals surface area contributed by atoms with Crippen molar-refractivity contribution in [3.63, 3.8) is 0 Å². The normalized spacial score (nSPS) is 11.0. The number of aromatic nitrogens is 2. The number of rotatable bonds is 2. The maximum atomic E-state index is 13.4. The predicted molar refractivity (Wildman–Crippen MR) is 76.1 cm³/mol. The summed E-state index contributed by atoms with van der Waals surface area (Å²) in [6.07, 6.45) is 0. The van der Waals surface area contributed by atoms with Gasteiger partial charge >= 0.3 is 5.97 Å². The van der Waals surface area contributed by atoms with E-state index in [4.69, 9.17) is 5.11 Å². The lowest BCUT2D eigenvalue weighted by Crippen LogP contribution is -1.98. The molecule has 0 aliphatic carbocycles. The largest absolute Gasteiger partial charge is 0.478 e. The number of imidazole rings is 1. The number of halogens is 3. The lowest BCUT2D eigenvalue weighted by atomic mass is 10.2. The van der Waals surface area contributed by atoms with Crippen molar-refractivity contribution in [3.05, 3.63) is 52.0 Å². The minimum absolute atomic E-state index is 0.152. The summed E-state index contributed by atoms with van der Waals surface area (Å²) < 4.78 is 26.9. The van der Waals surface area contributed by atoms with E-state index < -0.39 is 17.6 Å². The van der Waals surface area contributed by atoms with Gasteiger partial charge in [0.05, 0.1) is 15.6 Å². The lowest BCUT2D eigenvalue weighted by molar-refractivity contribution is 0.0698. The van der Waals surface area contributed by atoms with Crippen molar-refractivity contribution >= 4 is 32.9 Å². The van der Waals surface area contributed by atoms with Crippen molar-refractivity contribution < 1.29 is 18.7 Å². The summed E-state index contributed by atoms with van der Waals surface area (Å²) in [7, 11) is 0. The fourth-order valence-corrected chi connectivity index (χ4v) is 2.40. The second kappa shape index (κ2) is 4.92. The summed E-state index contributed by atoms with van der Waals surface area (Å²) in [5.41, 5.74) is 0.743. The molecule has 0 aliphatic rings. The lowest BCUT2D eigenvalue weighted by Gasteiger charge is -1.98. The summed E-state index contributed by atoms with van der Waals surface area (Å²) in [6.45, 7) is 0. The van der Waals surface area contributed by atoms with Crippen molar-refractivity contribution in [2.45, 2.75) is 0 Å². The molecule has 0 saturated heterocycles. The molecule has 0 fully saturated rings. The summed E-state index contributed by atoms with van der Waals surface area (Å²) in [6, 6.07) is 6.33. The number of benzene rings is 2. The Morgan fingerprint density at radius 1 is 1.24 bits per heavy atom. The monoisotopic (exact) mass is 352 g/mol. The van der Waals surface area contributed by atoms with Crippen LogP contribution in [0.15, 0.2) is 34.8 Å². The number of hydrogen-bond acceptors (Lipinski definition) is 2. The van der Waals surface area contributed by atoms with Gasteiger partial charge in [0.2, 0.25) is 0 Å². The van der Waals surface area contributed by atoms with Gasteiger partial charge in [0.25, 0.3) is 0 Å². The Morgan fingerprint density at radius 3 is 2.67 bits per heavy atom. The first kappa shape index (κ1) is 13.7. The second-order valence-electron chi connectivity index (χ2n) is 4.37. The van der Waals surface area contributed by atoms with Gasteiger partial charge in [-0.25, -0.2) is 18.6 Å². The van der Waals surface area contributed by atoms with Gasteiger partial charge in [-0.2, -0.15) is 0 Å². The zero-order chi connectivity index (χ0) is 15.1. The van der Waals surface area contributed by atoms with Gasteiger partial charge in [-0.15, -0.1) is 0 Å². The van der Waals surface area contributed by atoms with Crippen LogP contribution in [0, 0.1) is 11.6 Å². The van der Waals surface area contributed by atoms with E-state index in [1.54, 1.807) is 0 Å². The van der Waals surface area contributed by atoms with E-state index in [2.05, 4.69) is 25.9 Å². The molecule has 0 atom stereocenters. The standard InChI is InChI=1S/C14H7BrF2N2O2/c15-9-3-6(1-2-10(9)17)13-18-11-5-7(16)4-8(14(20)21)12(11)19-13/h1-5H,(H,18,19)(H,20,21). The number of carboxylic acid groups (broad SMARTS) is 1. The van der Waals surface area contributed by atoms with Crippen LogP contribution in [-0.2, 0) is 0 Å². The van der Waals surface area contributed by atoms with Crippen molar-refractivity contribution in [1.82, 2.24) is 9.97 Å². The summed E-state index contributed by atoms with van der Waals surface area (Å²) >= 11 is 3.07. The van der Waals surface area contributed by atoms with Crippen molar-refractivity contribution in [3.8, 4) is 11.4 Å². The van der Waals surface area contributed by atoms with E-state index in [1.807, 2.05) is 0 Å². The van der Waals surface area contributed by atoms with E-state index in [-0.39, 0.29) is 21.1 Å². The SMILES string of the molecule is O=C(O)c1cc(F)cc2[nH]c(-c3ccc(F)c(Br)c3)nc12. The van der Waals surface area contributed by atoms with Crippen molar-refractivity contribution in [2.24, 2.45) is 0 Å². The molecule has 3 rings (SSSR count). The smallest absolute Gasteiger partial charge is 0.338 e. The molecule has 106 valence electrons. The number of aromatic carboxylic acids is 1. The topological polar surface area (TPSA) is 66.0 Å². The highest BCUT2D eigenvalue weighted by Gasteiger charge is 2.16. The first-order valence-corrected chi connectivity index (χ1v) is 6.63. The Bertz CT molecular complexity index is 877. The van der Waals surface area contributed by atoms with Gasteiger partial charge in [-0.05, 0) is 46.3 Å². The quantitative estimate of drug-likeness (QED) is 0.733. The molecule has 0 bridgehead atoms. The number of nitrogens with one attached hydrogen (secondary N) is 1. The van der Waals surface area contributed by atoms with Crippen LogP contribution in [0.25, 0.3) is 22.4 Å². The number of hydrogen-bond donors (Lipinski definition) is 2. The first-order valence-electron chi connectivity index (χ1n) is 5.83. The van der Waals surface area contributed by atoms with Crippen LogP contribution < -0.4 is 0 Å². The second-order valence-corrected chi connectivity index (χ2v) is 5.22. The number of H-pyrrole nitrogens is 1. The molecule has 21 heavy (non-hydrogen) atoms. The van der Waals surface area contributed by atoms with Gasteiger partial charge in [0.1, 0.15) is 23.0 Å². The zero-order valence-electron chi connectivity index (χ0n) is 10.3. The van der Waals surface area contributed by atoms with Crippen LogP contribution in [0.3, 0.4) is 0 Å². The molecule has 0 unspecified atom stereocenters. The van der Waals surface area contributed by atoms with Crippen LogP contribution in [-0.4, -0.2) is 21.0 Å². The maximum Gasteiger partial charge on any atom is 0.338 e. The average Bonchev–Trinajstić information content (AvgIpc) is 2.84. The van der Waals surface area contributed by atoms with E-state index >= 15 is 0 Å². The molecule has 0 amide bonds. The molecule has 1 heterocycles. The molecule has 3 aromatic rings. The number of nitrogens with zero attached hydrogens (tertiary/aromatic N) is 1. The van der Waals surface area contributed by atoms with Gasteiger partial charge in [0, 0.05) is 5.56 Å². The Labute approximate surface area is 125 Å². The van der Waals surface area contributed by atoms with E-state index in [9.17, 15) is 13.6 Å². The van der Waals surface area contributed by atoms with Crippen LogP contribution in [0.2, 0.25) is 0 Å². The Morgan fingerprint density at radius 2 is 2.00 bits per heavy atom. The van der Waals surface area contributed by atoms with Gasteiger partial charge in [0.15, 0.2) is 0 Å². The predicted octanol–water partition coefficient (Wildman–Crippen LogP) is 3.97.